The van der Waals surface area contributed by atoms with Gasteiger partial charge in [0.15, 0.2) is 0 Å². The van der Waals surface area contributed by atoms with Crippen LogP contribution in [-0.4, -0.2) is 18.9 Å². The Morgan fingerprint density at radius 1 is 1.80 bits per heavy atom. The minimum absolute atomic E-state index is 0.0994. The van der Waals surface area contributed by atoms with Crippen LogP contribution in [0.25, 0.3) is 0 Å². The molecule has 1 saturated heterocycles. The lowest BCUT2D eigenvalue weighted by Crippen LogP contribution is -2.33. The molecule has 3 nitrogen and oxygen atoms in total. The Morgan fingerprint density at radius 3 is 3.00 bits per heavy atom. The monoisotopic (exact) mass is 140 g/mol. The fourth-order valence-corrected chi connectivity index (χ4v) is 0.745. The van der Waals surface area contributed by atoms with Gasteiger partial charge in [0.05, 0.1) is 5.92 Å². The van der Waals surface area contributed by atoms with Crippen molar-refractivity contribution in [1.29, 1.82) is 0 Å². The first-order chi connectivity index (χ1) is 4.74. The van der Waals surface area contributed by atoms with Crippen molar-refractivity contribution in [2.75, 3.05) is 6.61 Å². The van der Waals surface area contributed by atoms with Crippen LogP contribution in [0.1, 0.15) is 6.92 Å². The Kier molecular flexibility index (Phi) is 1.81. The van der Waals surface area contributed by atoms with Gasteiger partial charge >= 0.3 is 6.16 Å². The highest BCUT2D eigenvalue weighted by atomic mass is 16.7. The quantitative estimate of drug-likeness (QED) is 0.368. The average Bonchev–Trinajstić information content (AvgIpc) is 1.88. The highest BCUT2D eigenvalue weighted by Gasteiger charge is 2.26. The molecule has 0 N–H and O–H groups in total. The third-order valence-electron chi connectivity index (χ3n) is 1.44. The number of ether oxygens (including phenoxy) is 2. The molecule has 10 heavy (non-hydrogen) atoms. The molecular weight excluding hydrogens is 132 g/mol. The number of hydrogen-bond donors (Lipinski definition) is 0. The van der Waals surface area contributed by atoms with E-state index in [0.29, 0.717) is 0 Å². The largest absolute Gasteiger partial charge is 0.508 e. The molecule has 0 aromatic heterocycles. The van der Waals surface area contributed by atoms with Gasteiger partial charge in [-0.15, -0.1) is 6.42 Å². The first-order valence-electron chi connectivity index (χ1n) is 3.03. The Bertz CT molecular complexity index is 180. The summed E-state index contributed by atoms with van der Waals surface area (Å²) >= 11 is 0. The number of carbonyl (C=O) groups is 1. The van der Waals surface area contributed by atoms with E-state index < -0.39 is 6.16 Å². The first kappa shape index (κ1) is 6.94. The van der Waals surface area contributed by atoms with Gasteiger partial charge in [-0.25, -0.2) is 4.79 Å². The van der Waals surface area contributed by atoms with Crippen molar-refractivity contribution in [2.24, 2.45) is 5.92 Å². The molecular formula is C7H8O3. The van der Waals surface area contributed by atoms with Crippen LogP contribution < -0.4 is 0 Å². The third-order valence-corrected chi connectivity index (χ3v) is 1.44. The van der Waals surface area contributed by atoms with E-state index >= 15 is 0 Å². The van der Waals surface area contributed by atoms with Crippen molar-refractivity contribution in [2.45, 2.75) is 13.0 Å². The normalized spacial score (nSPS) is 31.8. The second-order valence-electron chi connectivity index (χ2n) is 2.16. The van der Waals surface area contributed by atoms with Gasteiger partial charge in [0.1, 0.15) is 12.7 Å². The average molecular weight is 140 g/mol. The van der Waals surface area contributed by atoms with Gasteiger partial charge in [0.25, 0.3) is 0 Å². The van der Waals surface area contributed by atoms with E-state index in [2.05, 4.69) is 15.4 Å². The summed E-state index contributed by atoms with van der Waals surface area (Å²) in [6, 6.07) is 0. The predicted molar refractivity (Wildman–Crippen MR) is 34.2 cm³/mol. The fraction of sp³-hybridized carbons (Fsp3) is 0.571. The molecule has 0 bridgehead atoms. The maximum absolute atomic E-state index is 10.4. The maximum atomic E-state index is 10.4. The van der Waals surface area contributed by atoms with E-state index in [4.69, 9.17) is 6.42 Å². The molecule has 0 aliphatic carbocycles. The Labute approximate surface area is 59.3 Å². The van der Waals surface area contributed by atoms with Crippen molar-refractivity contribution in [3.63, 3.8) is 0 Å². The summed E-state index contributed by atoms with van der Waals surface area (Å²) in [5.41, 5.74) is 0. The zero-order valence-electron chi connectivity index (χ0n) is 5.66. The zero-order chi connectivity index (χ0) is 7.56. The van der Waals surface area contributed by atoms with Crippen LogP contribution in [0.3, 0.4) is 0 Å². The number of cyclic esters (lactones) is 2. The van der Waals surface area contributed by atoms with Crippen molar-refractivity contribution in [3.05, 3.63) is 0 Å². The van der Waals surface area contributed by atoms with Crippen molar-refractivity contribution >= 4 is 6.16 Å². The van der Waals surface area contributed by atoms with Gasteiger partial charge < -0.3 is 9.47 Å². The van der Waals surface area contributed by atoms with E-state index in [1.807, 2.05) is 0 Å². The highest BCUT2D eigenvalue weighted by molar-refractivity contribution is 5.61. The van der Waals surface area contributed by atoms with Crippen LogP contribution in [0.4, 0.5) is 4.79 Å². The topological polar surface area (TPSA) is 35.5 Å². The van der Waals surface area contributed by atoms with Gasteiger partial charge in [0, 0.05) is 0 Å². The summed E-state index contributed by atoms with van der Waals surface area (Å²) in [6.45, 7) is 2.03. The van der Waals surface area contributed by atoms with E-state index in [0.717, 1.165) is 0 Å². The first-order valence-corrected chi connectivity index (χ1v) is 3.03. The highest BCUT2D eigenvalue weighted by Crippen LogP contribution is 2.13. The molecule has 0 amide bonds. The molecule has 1 aliphatic rings. The van der Waals surface area contributed by atoms with Crippen LogP contribution in [-0.2, 0) is 9.47 Å². The lowest BCUT2D eigenvalue weighted by atomic mass is 10.1. The molecule has 0 aromatic rings. The minimum Gasteiger partial charge on any atom is -0.433 e. The van der Waals surface area contributed by atoms with E-state index in [1.54, 1.807) is 6.92 Å². The number of terminal acetylenes is 1. The number of hydrogen-bond acceptors (Lipinski definition) is 3. The molecule has 2 unspecified atom stereocenters. The molecule has 0 radical (unpaired) electrons. The molecule has 1 heterocycles. The van der Waals surface area contributed by atoms with E-state index in [1.165, 1.54) is 0 Å². The summed E-state index contributed by atoms with van der Waals surface area (Å²) in [4.78, 5) is 10.4. The molecule has 1 fully saturated rings. The summed E-state index contributed by atoms with van der Waals surface area (Å²) in [5, 5.41) is 0. The zero-order valence-corrected chi connectivity index (χ0v) is 5.66. The van der Waals surface area contributed by atoms with Crippen molar-refractivity contribution < 1.29 is 14.3 Å². The lowest BCUT2D eigenvalue weighted by Gasteiger charge is -2.23. The second kappa shape index (κ2) is 2.61. The molecule has 0 aromatic carbocycles. The van der Waals surface area contributed by atoms with Crippen molar-refractivity contribution in [1.82, 2.24) is 0 Å². The molecule has 0 saturated carbocycles. The van der Waals surface area contributed by atoms with Crippen molar-refractivity contribution in [3.8, 4) is 12.3 Å². The second-order valence-corrected chi connectivity index (χ2v) is 2.16. The summed E-state index contributed by atoms with van der Waals surface area (Å²) in [7, 11) is 0. The summed E-state index contributed by atoms with van der Waals surface area (Å²) in [5.74, 6) is 2.37. The van der Waals surface area contributed by atoms with Gasteiger partial charge in [-0.05, 0) is 6.92 Å². The maximum Gasteiger partial charge on any atom is 0.508 e. The molecule has 2 atom stereocenters. The standard InChI is InChI=1S/C7H8O3/c1-3-6-4-9-7(8)10-5(6)2/h1,5-6H,4H2,2H3. The SMILES string of the molecule is C#CC1COC(=O)OC1C. The van der Waals surface area contributed by atoms with Crippen LogP contribution in [0.2, 0.25) is 0 Å². The molecule has 1 aliphatic heterocycles. The summed E-state index contributed by atoms with van der Waals surface area (Å²) < 4.78 is 9.23. The Morgan fingerprint density at radius 2 is 2.50 bits per heavy atom. The van der Waals surface area contributed by atoms with Gasteiger partial charge in [0.2, 0.25) is 0 Å². The molecule has 0 spiro atoms. The van der Waals surface area contributed by atoms with Crippen LogP contribution >= 0.6 is 0 Å². The molecule has 3 heteroatoms. The lowest BCUT2D eigenvalue weighted by molar-refractivity contribution is -0.0356. The van der Waals surface area contributed by atoms with E-state index in [-0.39, 0.29) is 18.6 Å². The molecule has 1 rings (SSSR count). The Hall–Kier alpha value is -1.17. The predicted octanol–water partition coefficient (Wildman–Crippen LogP) is 0.791. The van der Waals surface area contributed by atoms with Crippen LogP contribution in [0.15, 0.2) is 0 Å². The number of carbonyl (C=O) groups excluding carboxylic acids is 1. The Balaban J connectivity index is 2.53. The minimum atomic E-state index is -0.626. The smallest absolute Gasteiger partial charge is 0.433 e. The summed E-state index contributed by atoms with van der Waals surface area (Å²) in [6.07, 6.45) is 4.28. The van der Waals surface area contributed by atoms with E-state index in [9.17, 15) is 4.79 Å². The van der Waals surface area contributed by atoms with Gasteiger partial charge in [-0.3, -0.25) is 0 Å². The van der Waals surface area contributed by atoms with Gasteiger partial charge in [-0.1, -0.05) is 5.92 Å². The third kappa shape index (κ3) is 1.21. The van der Waals surface area contributed by atoms with Crippen LogP contribution in [0, 0.1) is 18.3 Å². The molecule has 54 valence electrons. The fourth-order valence-electron chi connectivity index (χ4n) is 0.745. The van der Waals surface area contributed by atoms with Crippen LogP contribution in [0.5, 0.6) is 0 Å². The van der Waals surface area contributed by atoms with Gasteiger partial charge in [-0.2, -0.15) is 0 Å². The number of rotatable bonds is 0.